The molecule has 0 aliphatic heterocycles. The van der Waals surface area contributed by atoms with Gasteiger partial charge in [0.25, 0.3) is 0 Å². The lowest BCUT2D eigenvalue weighted by atomic mass is 10.1. The van der Waals surface area contributed by atoms with Gasteiger partial charge in [-0.3, -0.25) is 9.10 Å². The van der Waals surface area contributed by atoms with Crippen LogP contribution in [-0.2, 0) is 21.2 Å². The number of hydrogen-bond acceptors (Lipinski definition) is 4. The topological polar surface area (TPSA) is 75.7 Å². The maximum absolute atomic E-state index is 12.9. The maximum atomic E-state index is 12.9. The summed E-state index contributed by atoms with van der Waals surface area (Å²) in [7, 11) is -2.00. The number of nitrogens with zero attached hydrogens (tertiary/aromatic N) is 1. The minimum absolute atomic E-state index is 0.281. The van der Waals surface area contributed by atoms with E-state index < -0.39 is 16.1 Å². The summed E-state index contributed by atoms with van der Waals surface area (Å²) in [4.78, 5) is 12.9. The molecule has 0 fully saturated rings. The molecule has 7 heteroatoms. The van der Waals surface area contributed by atoms with Crippen LogP contribution in [-0.4, -0.2) is 40.3 Å². The van der Waals surface area contributed by atoms with Gasteiger partial charge in [-0.05, 0) is 74.1 Å². The highest BCUT2D eigenvalue weighted by Gasteiger charge is 2.31. The van der Waals surface area contributed by atoms with Crippen LogP contribution in [0.4, 0.5) is 5.69 Å². The molecule has 6 nitrogen and oxygen atoms in total. The Balaban J connectivity index is 2.06. The van der Waals surface area contributed by atoms with Gasteiger partial charge in [0.15, 0.2) is 0 Å². The largest absolute Gasteiger partial charge is 0.497 e. The average Bonchev–Trinajstić information content (AvgIpc) is 2.67. The summed E-state index contributed by atoms with van der Waals surface area (Å²) >= 11 is 0. The highest BCUT2D eigenvalue weighted by Crippen LogP contribution is 2.25. The molecule has 2 aromatic carbocycles. The Morgan fingerprint density at radius 1 is 1.10 bits per heavy atom. The van der Waals surface area contributed by atoms with Gasteiger partial charge in [-0.25, -0.2) is 8.42 Å². The van der Waals surface area contributed by atoms with Crippen molar-refractivity contribution in [2.75, 3.05) is 24.2 Å². The summed E-state index contributed by atoms with van der Waals surface area (Å²) in [5, 5.41) is 2.91. The molecule has 0 saturated heterocycles. The second-order valence-electron chi connectivity index (χ2n) is 7.57. The number of benzene rings is 2. The lowest BCUT2D eigenvalue weighted by Gasteiger charge is -2.30. The number of aryl methyl sites for hydroxylation is 3. The summed E-state index contributed by atoms with van der Waals surface area (Å²) < 4.78 is 31.5. The molecule has 0 unspecified atom stereocenters. The van der Waals surface area contributed by atoms with Crippen LogP contribution in [0.25, 0.3) is 0 Å². The fourth-order valence-electron chi connectivity index (χ4n) is 3.55. The van der Waals surface area contributed by atoms with E-state index >= 15 is 0 Å². The van der Waals surface area contributed by atoms with Crippen LogP contribution in [0.1, 0.15) is 36.5 Å². The first-order valence-electron chi connectivity index (χ1n) is 10.1. The molecule has 0 aliphatic carbocycles. The van der Waals surface area contributed by atoms with Crippen LogP contribution < -0.4 is 14.4 Å². The quantitative estimate of drug-likeness (QED) is 0.582. The predicted molar refractivity (Wildman–Crippen MR) is 122 cm³/mol. The van der Waals surface area contributed by atoms with Crippen molar-refractivity contribution >= 4 is 21.6 Å². The molecule has 2 rings (SSSR count). The second kappa shape index (κ2) is 10.5. The molecular formula is C23H32N2O4S. The van der Waals surface area contributed by atoms with Gasteiger partial charge in [0.1, 0.15) is 11.8 Å². The van der Waals surface area contributed by atoms with E-state index in [1.54, 1.807) is 19.2 Å². The van der Waals surface area contributed by atoms with Gasteiger partial charge >= 0.3 is 0 Å². The lowest BCUT2D eigenvalue weighted by molar-refractivity contribution is -0.122. The SMILES string of the molecule is CC[C@@H](C(=O)NCCCc1ccc(OC)cc1)N(c1cc(C)cc(C)c1)S(C)(=O)=O. The molecule has 0 aliphatic rings. The molecule has 2 aromatic rings. The van der Waals surface area contributed by atoms with E-state index in [9.17, 15) is 13.2 Å². The normalized spacial score (nSPS) is 12.3. The van der Waals surface area contributed by atoms with E-state index in [-0.39, 0.29) is 5.91 Å². The number of amides is 1. The molecule has 0 heterocycles. The number of nitrogens with one attached hydrogen (secondary N) is 1. The van der Waals surface area contributed by atoms with Crippen molar-refractivity contribution < 1.29 is 17.9 Å². The number of anilines is 1. The third-order valence-electron chi connectivity index (χ3n) is 4.89. The molecule has 0 radical (unpaired) electrons. The van der Waals surface area contributed by atoms with E-state index in [4.69, 9.17) is 4.74 Å². The van der Waals surface area contributed by atoms with Crippen LogP contribution in [0, 0.1) is 13.8 Å². The molecule has 1 amide bonds. The lowest BCUT2D eigenvalue weighted by Crippen LogP contribution is -2.49. The van der Waals surface area contributed by atoms with E-state index in [0.29, 0.717) is 18.7 Å². The minimum atomic E-state index is -3.63. The first-order chi connectivity index (χ1) is 14.2. The van der Waals surface area contributed by atoms with Gasteiger partial charge in [-0.15, -0.1) is 0 Å². The van der Waals surface area contributed by atoms with Gasteiger partial charge in [-0.1, -0.05) is 25.1 Å². The summed E-state index contributed by atoms with van der Waals surface area (Å²) in [6.45, 7) is 6.13. The fraction of sp³-hybridized carbons (Fsp3) is 0.435. The Kier molecular flexibility index (Phi) is 8.29. The van der Waals surface area contributed by atoms with E-state index in [1.165, 1.54) is 4.31 Å². The van der Waals surface area contributed by atoms with Crippen molar-refractivity contribution in [1.82, 2.24) is 5.32 Å². The number of sulfonamides is 1. The van der Waals surface area contributed by atoms with Gasteiger partial charge in [0.2, 0.25) is 15.9 Å². The first kappa shape index (κ1) is 23.7. The first-order valence-corrected chi connectivity index (χ1v) is 12.0. The van der Waals surface area contributed by atoms with Crippen LogP contribution in [0.15, 0.2) is 42.5 Å². The summed E-state index contributed by atoms with van der Waals surface area (Å²) in [6.07, 6.45) is 3.10. The number of carbonyl (C=O) groups is 1. The number of carbonyl (C=O) groups excluding carboxylic acids is 1. The maximum Gasteiger partial charge on any atom is 0.243 e. The highest BCUT2D eigenvalue weighted by atomic mass is 32.2. The third kappa shape index (κ3) is 6.49. The Morgan fingerprint density at radius 3 is 2.20 bits per heavy atom. The van der Waals surface area contributed by atoms with Crippen molar-refractivity contribution in [3.63, 3.8) is 0 Å². The third-order valence-corrected chi connectivity index (χ3v) is 6.07. The average molecular weight is 433 g/mol. The Hall–Kier alpha value is -2.54. The molecule has 0 spiro atoms. The monoisotopic (exact) mass is 432 g/mol. The zero-order valence-corrected chi connectivity index (χ0v) is 19.3. The van der Waals surface area contributed by atoms with E-state index in [0.717, 1.165) is 41.5 Å². The molecule has 30 heavy (non-hydrogen) atoms. The number of hydrogen-bond donors (Lipinski definition) is 1. The Bertz CT molecular complexity index is 935. The summed E-state index contributed by atoms with van der Waals surface area (Å²) in [6, 6.07) is 12.6. The standard InChI is InChI=1S/C23H32N2O4S/c1-6-22(25(30(5,27)28)20-15-17(2)14-18(3)16-20)23(26)24-13-7-8-19-9-11-21(29-4)12-10-19/h9-12,14-16,22H,6-8,13H2,1-5H3,(H,24,26)/t22-/m0/s1. The van der Waals surface area contributed by atoms with Crippen molar-refractivity contribution in [2.45, 2.75) is 46.1 Å². The van der Waals surface area contributed by atoms with Crippen LogP contribution in [0.3, 0.4) is 0 Å². The second-order valence-corrected chi connectivity index (χ2v) is 9.43. The number of methoxy groups -OCH3 is 1. The van der Waals surface area contributed by atoms with Crippen molar-refractivity contribution in [3.8, 4) is 5.75 Å². The zero-order chi connectivity index (χ0) is 22.3. The number of ether oxygens (including phenoxy) is 1. The molecular weight excluding hydrogens is 400 g/mol. The molecule has 0 bridgehead atoms. The fourth-order valence-corrected chi connectivity index (χ4v) is 4.75. The minimum Gasteiger partial charge on any atom is -0.497 e. The van der Waals surface area contributed by atoms with E-state index in [1.807, 2.05) is 51.1 Å². The molecule has 164 valence electrons. The van der Waals surface area contributed by atoms with Crippen LogP contribution in [0.2, 0.25) is 0 Å². The molecule has 0 saturated carbocycles. The molecule has 1 atom stereocenters. The Morgan fingerprint density at radius 2 is 1.70 bits per heavy atom. The predicted octanol–water partition coefficient (Wildman–Crippen LogP) is 3.61. The van der Waals surface area contributed by atoms with Gasteiger partial charge < -0.3 is 10.1 Å². The smallest absolute Gasteiger partial charge is 0.243 e. The number of rotatable bonds is 10. The van der Waals surface area contributed by atoms with E-state index in [2.05, 4.69) is 5.32 Å². The zero-order valence-electron chi connectivity index (χ0n) is 18.4. The Labute approximate surface area is 180 Å². The van der Waals surface area contributed by atoms with Crippen molar-refractivity contribution in [3.05, 3.63) is 59.2 Å². The van der Waals surface area contributed by atoms with Crippen molar-refractivity contribution in [2.24, 2.45) is 0 Å². The highest BCUT2D eigenvalue weighted by molar-refractivity contribution is 7.92. The van der Waals surface area contributed by atoms with Crippen LogP contribution in [0.5, 0.6) is 5.75 Å². The van der Waals surface area contributed by atoms with Gasteiger partial charge in [0, 0.05) is 6.54 Å². The summed E-state index contributed by atoms with van der Waals surface area (Å²) in [5.41, 5.74) is 3.59. The summed E-state index contributed by atoms with van der Waals surface area (Å²) in [5.74, 6) is 0.530. The van der Waals surface area contributed by atoms with Gasteiger partial charge in [0.05, 0.1) is 19.1 Å². The molecule has 0 aromatic heterocycles. The van der Waals surface area contributed by atoms with Crippen molar-refractivity contribution in [1.29, 1.82) is 0 Å². The van der Waals surface area contributed by atoms with Crippen LogP contribution >= 0.6 is 0 Å². The van der Waals surface area contributed by atoms with Gasteiger partial charge in [-0.2, -0.15) is 0 Å². The molecule has 1 N–H and O–H groups in total.